The van der Waals surface area contributed by atoms with Gasteiger partial charge in [0.1, 0.15) is 0 Å². The zero-order chi connectivity index (χ0) is 11.8. The average molecular weight is 233 g/mol. The summed E-state index contributed by atoms with van der Waals surface area (Å²) in [7, 11) is 0. The Bertz CT molecular complexity index is 384. The molecule has 94 valence electrons. The minimum absolute atomic E-state index is 0.660. The molecule has 1 aromatic rings. The van der Waals surface area contributed by atoms with Crippen molar-refractivity contribution in [3.63, 3.8) is 0 Å². The maximum atomic E-state index is 4.65. The lowest BCUT2D eigenvalue weighted by atomic mass is 9.82. The summed E-state index contributed by atoms with van der Waals surface area (Å²) in [5.74, 6) is 2.01. The predicted octanol–water partition coefficient (Wildman–Crippen LogP) is 3.52. The molecule has 17 heavy (non-hydrogen) atoms. The van der Waals surface area contributed by atoms with Crippen molar-refractivity contribution in [1.29, 1.82) is 0 Å². The fourth-order valence-corrected chi connectivity index (χ4v) is 3.24. The van der Waals surface area contributed by atoms with Crippen LogP contribution in [0.1, 0.15) is 57.2 Å². The van der Waals surface area contributed by atoms with Gasteiger partial charge in [-0.25, -0.2) is 4.98 Å². The lowest BCUT2D eigenvalue weighted by Crippen LogP contribution is -2.27. The van der Waals surface area contributed by atoms with Gasteiger partial charge in [0.2, 0.25) is 5.95 Å². The number of hydrogen-bond donors (Lipinski definition) is 1. The van der Waals surface area contributed by atoms with Crippen LogP contribution >= 0.6 is 0 Å². The fraction of sp³-hybridized carbons (Fsp3) is 0.786. The molecule has 0 amide bonds. The van der Waals surface area contributed by atoms with Crippen molar-refractivity contribution < 1.29 is 0 Å². The van der Waals surface area contributed by atoms with Gasteiger partial charge in [-0.3, -0.25) is 0 Å². The summed E-state index contributed by atoms with van der Waals surface area (Å²) in [6.45, 7) is 4.43. The normalized spacial score (nSPS) is 29.3. The van der Waals surface area contributed by atoms with Crippen LogP contribution in [0, 0.1) is 12.8 Å². The molecule has 0 aromatic carbocycles. The van der Waals surface area contributed by atoms with Crippen LogP contribution in [-0.2, 0) is 0 Å². The largest absolute Gasteiger partial charge is 0.353 e. The highest BCUT2D eigenvalue weighted by Gasteiger charge is 2.29. The van der Waals surface area contributed by atoms with Gasteiger partial charge in [-0.2, -0.15) is 0 Å². The summed E-state index contributed by atoms with van der Waals surface area (Å²) >= 11 is 0. The fourth-order valence-electron chi connectivity index (χ4n) is 3.24. The van der Waals surface area contributed by atoms with Gasteiger partial charge in [-0.05, 0) is 38.5 Å². The molecule has 0 aliphatic heterocycles. The van der Waals surface area contributed by atoms with Gasteiger partial charge in [0.15, 0.2) is 0 Å². The highest BCUT2D eigenvalue weighted by atomic mass is 15.2. The van der Waals surface area contributed by atoms with Crippen LogP contribution in [0.2, 0.25) is 0 Å². The molecule has 0 unspecified atom stereocenters. The van der Waals surface area contributed by atoms with Crippen LogP contribution in [0.3, 0.4) is 0 Å². The van der Waals surface area contributed by atoms with Crippen molar-refractivity contribution in [2.45, 2.75) is 64.5 Å². The van der Waals surface area contributed by atoms with Gasteiger partial charge in [-0.15, -0.1) is 0 Å². The highest BCUT2D eigenvalue weighted by Crippen LogP contribution is 2.39. The summed E-state index contributed by atoms with van der Waals surface area (Å²) in [6, 6.07) is 1.35. The van der Waals surface area contributed by atoms with Crippen LogP contribution in [0.4, 0.5) is 5.95 Å². The van der Waals surface area contributed by atoms with Crippen LogP contribution in [-0.4, -0.2) is 15.6 Å². The Morgan fingerprint density at radius 3 is 2.65 bits per heavy atom. The van der Waals surface area contributed by atoms with Crippen LogP contribution in [0.5, 0.6) is 0 Å². The number of hydrogen-bond acceptors (Lipinski definition) is 2. The molecule has 3 nitrogen and oxygen atoms in total. The van der Waals surface area contributed by atoms with Gasteiger partial charge < -0.3 is 9.88 Å². The van der Waals surface area contributed by atoms with E-state index in [1.54, 1.807) is 0 Å². The number of aryl methyl sites for hydroxylation is 1. The molecule has 2 fully saturated rings. The second-order valence-electron chi connectivity index (χ2n) is 5.97. The summed E-state index contributed by atoms with van der Waals surface area (Å²) in [6.07, 6.45) is 10.2. The van der Waals surface area contributed by atoms with Crippen molar-refractivity contribution in [2.24, 2.45) is 5.92 Å². The SMILES string of the molecule is Cc1cn(C2CC(C)C2)c(NC2CCCC2)n1. The van der Waals surface area contributed by atoms with E-state index < -0.39 is 0 Å². The van der Waals surface area contributed by atoms with Crippen molar-refractivity contribution in [1.82, 2.24) is 9.55 Å². The quantitative estimate of drug-likeness (QED) is 0.865. The lowest BCUT2D eigenvalue weighted by molar-refractivity contribution is 0.218. The minimum atomic E-state index is 0.660. The highest BCUT2D eigenvalue weighted by molar-refractivity contribution is 5.32. The molecular formula is C14H23N3. The third-order valence-electron chi connectivity index (χ3n) is 4.28. The van der Waals surface area contributed by atoms with E-state index in [2.05, 4.69) is 34.9 Å². The van der Waals surface area contributed by atoms with Gasteiger partial charge in [-0.1, -0.05) is 19.8 Å². The Balaban J connectivity index is 1.73. The number of nitrogens with zero attached hydrogens (tertiary/aromatic N) is 2. The molecule has 0 spiro atoms. The molecule has 2 aliphatic carbocycles. The smallest absolute Gasteiger partial charge is 0.203 e. The Kier molecular flexibility index (Phi) is 2.85. The van der Waals surface area contributed by atoms with E-state index in [0.29, 0.717) is 12.1 Å². The van der Waals surface area contributed by atoms with Gasteiger partial charge in [0.25, 0.3) is 0 Å². The van der Waals surface area contributed by atoms with Gasteiger partial charge in [0.05, 0.1) is 5.69 Å². The number of nitrogens with one attached hydrogen (secondary N) is 1. The molecular weight excluding hydrogens is 210 g/mol. The third-order valence-corrected chi connectivity index (χ3v) is 4.28. The van der Waals surface area contributed by atoms with E-state index in [-0.39, 0.29) is 0 Å². The maximum absolute atomic E-state index is 4.65. The molecule has 0 atom stereocenters. The number of imidazole rings is 1. The number of anilines is 1. The summed E-state index contributed by atoms with van der Waals surface area (Å²) in [5.41, 5.74) is 1.14. The first-order valence-electron chi connectivity index (χ1n) is 7.04. The minimum Gasteiger partial charge on any atom is -0.353 e. The first-order valence-corrected chi connectivity index (χ1v) is 7.04. The van der Waals surface area contributed by atoms with Gasteiger partial charge >= 0.3 is 0 Å². The lowest BCUT2D eigenvalue weighted by Gasteiger charge is -2.35. The summed E-state index contributed by atoms with van der Waals surface area (Å²) in [5, 5.41) is 3.65. The molecule has 1 heterocycles. The van der Waals surface area contributed by atoms with E-state index in [0.717, 1.165) is 17.6 Å². The monoisotopic (exact) mass is 233 g/mol. The van der Waals surface area contributed by atoms with E-state index in [1.807, 2.05) is 0 Å². The predicted molar refractivity (Wildman–Crippen MR) is 70.3 cm³/mol. The molecule has 0 saturated heterocycles. The first-order chi connectivity index (χ1) is 8.22. The second-order valence-corrected chi connectivity index (χ2v) is 5.97. The maximum Gasteiger partial charge on any atom is 0.203 e. The Labute approximate surface area is 104 Å². The molecule has 1 aromatic heterocycles. The van der Waals surface area contributed by atoms with Crippen molar-refractivity contribution in [2.75, 3.05) is 5.32 Å². The molecule has 0 radical (unpaired) electrons. The topological polar surface area (TPSA) is 29.9 Å². The first kappa shape index (κ1) is 11.1. The second kappa shape index (κ2) is 4.35. The van der Waals surface area contributed by atoms with Crippen LogP contribution in [0.25, 0.3) is 0 Å². The average Bonchev–Trinajstić information content (AvgIpc) is 2.84. The third kappa shape index (κ3) is 2.20. The van der Waals surface area contributed by atoms with Crippen molar-refractivity contribution in [3.05, 3.63) is 11.9 Å². The molecule has 2 aliphatic rings. The van der Waals surface area contributed by atoms with Crippen LogP contribution < -0.4 is 5.32 Å². The molecule has 2 saturated carbocycles. The Morgan fingerprint density at radius 1 is 1.29 bits per heavy atom. The van der Waals surface area contributed by atoms with Crippen LogP contribution in [0.15, 0.2) is 6.20 Å². The Hall–Kier alpha value is -0.990. The van der Waals surface area contributed by atoms with Gasteiger partial charge in [0, 0.05) is 18.3 Å². The summed E-state index contributed by atoms with van der Waals surface area (Å²) in [4.78, 5) is 4.65. The van der Waals surface area contributed by atoms with Crippen molar-refractivity contribution in [3.8, 4) is 0 Å². The number of rotatable bonds is 3. The molecule has 0 bridgehead atoms. The zero-order valence-corrected chi connectivity index (χ0v) is 10.9. The van der Waals surface area contributed by atoms with Crippen molar-refractivity contribution >= 4 is 5.95 Å². The van der Waals surface area contributed by atoms with E-state index in [4.69, 9.17) is 0 Å². The Morgan fingerprint density at radius 2 is 2.00 bits per heavy atom. The zero-order valence-electron chi connectivity index (χ0n) is 10.9. The molecule has 3 rings (SSSR count). The number of aromatic nitrogens is 2. The summed E-state index contributed by atoms with van der Waals surface area (Å²) < 4.78 is 2.38. The van der Waals surface area contributed by atoms with E-state index >= 15 is 0 Å². The standard InChI is InChI=1S/C14H23N3/c1-10-7-13(8-10)17-9-11(2)15-14(17)16-12-5-3-4-6-12/h9-10,12-13H,3-8H2,1-2H3,(H,15,16). The van der Waals surface area contributed by atoms with E-state index in [1.165, 1.54) is 38.5 Å². The molecule has 1 N–H and O–H groups in total. The molecule has 3 heteroatoms. The van der Waals surface area contributed by atoms with E-state index in [9.17, 15) is 0 Å².